The molecule has 0 aromatic heterocycles. The molecule has 3 aromatic carbocycles. The lowest BCUT2D eigenvalue weighted by atomic mass is 10.1. The number of hydrogen-bond donors (Lipinski definition) is 1. The third-order valence-corrected chi connectivity index (χ3v) is 4.97. The average molecular weight is 480 g/mol. The van der Waals surface area contributed by atoms with Crippen LogP contribution in [0.5, 0.6) is 11.5 Å². The van der Waals surface area contributed by atoms with Gasteiger partial charge in [0.2, 0.25) is 6.79 Å². The summed E-state index contributed by atoms with van der Waals surface area (Å²) in [6, 6.07) is 21.5. The third-order valence-electron chi connectivity index (χ3n) is 4.48. The summed E-state index contributed by atoms with van der Waals surface area (Å²) >= 11 is 3.35. The van der Waals surface area contributed by atoms with Crippen molar-refractivity contribution in [3.63, 3.8) is 0 Å². The van der Waals surface area contributed by atoms with Crippen LogP contribution in [0.4, 0.5) is 0 Å². The number of fused-ring (bicyclic) bond motifs is 1. The fraction of sp³-hybridized carbons (Fsp3) is 0.0833. The van der Waals surface area contributed by atoms with Crippen LogP contribution < -0.4 is 14.8 Å². The van der Waals surface area contributed by atoms with Gasteiger partial charge < -0.3 is 19.5 Å². The molecule has 0 radical (unpaired) electrons. The number of esters is 1. The quantitative estimate of drug-likeness (QED) is 0.409. The van der Waals surface area contributed by atoms with Crippen molar-refractivity contribution in [1.82, 2.24) is 5.32 Å². The molecule has 0 spiro atoms. The number of amides is 1. The van der Waals surface area contributed by atoms with Gasteiger partial charge in [-0.2, -0.15) is 0 Å². The summed E-state index contributed by atoms with van der Waals surface area (Å²) in [5.74, 6) is 0.127. The first-order chi connectivity index (χ1) is 15.1. The van der Waals surface area contributed by atoms with Crippen LogP contribution in [0.25, 0.3) is 6.08 Å². The Labute approximate surface area is 187 Å². The van der Waals surface area contributed by atoms with Gasteiger partial charge in [-0.3, -0.25) is 4.79 Å². The minimum Gasteiger partial charge on any atom is -0.456 e. The van der Waals surface area contributed by atoms with E-state index in [0.29, 0.717) is 22.6 Å². The zero-order valence-corrected chi connectivity index (χ0v) is 17.9. The van der Waals surface area contributed by atoms with E-state index in [1.54, 1.807) is 42.5 Å². The maximum atomic E-state index is 12.8. The topological polar surface area (TPSA) is 73.9 Å². The molecule has 1 heterocycles. The highest BCUT2D eigenvalue weighted by atomic mass is 79.9. The van der Waals surface area contributed by atoms with E-state index in [0.717, 1.165) is 10.0 Å². The van der Waals surface area contributed by atoms with Crippen LogP contribution in [-0.2, 0) is 16.1 Å². The number of halogens is 1. The Kier molecular flexibility index (Phi) is 6.33. The van der Waals surface area contributed by atoms with Crippen LogP contribution in [0.15, 0.2) is 83.0 Å². The van der Waals surface area contributed by atoms with Crippen molar-refractivity contribution in [3.05, 3.63) is 99.7 Å². The van der Waals surface area contributed by atoms with Gasteiger partial charge in [0, 0.05) is 10.0 Å². The minimum atomic E-state index is -0.648. The summed E-state index contributed by atoms with van der Waals surface area (Å²) in [6.45, 7) is 0.235. The molecule has 0 saturated heterocycles. The average Bonchev–Trinajstić information content (AvgIpc) is 3.25. The molecule has 0 fully saturated rings. The van der Waals surface area contributed by atoms with E-state index >= 15 is 0 Å². The summed E-state index contributed by atoms with van der Waals surface area (Å²) in [7, 11) is 0. The number of carbonyl (C=O) groups is 2. The maximum Gasteiger partial charge on any atom is 0.355 e. The lowest BCUT2D eigenvalue weighted by molar-refractivity contribution is -0.140. The molecule has 1 aliphatic heterocycles. The van der Waals surface area contributed by atoms with Gasteiger partial charge in [0.15, 0.2) is 11.5 Å². The molecule has 156 valence electrons. The van der Waals surface area contributed by atoms with Gasteiger partial charge in [0.1, 0.15) is 12.3 Å². The lowest BCUT2D eigenvalue weighted by Gasteiger charge is -2.11. The van der Waals surface area contributed by atoms with Crippen molar-refractivity contribution in [2.24, 2.45) is 0 Å². The normalized spacial score (nSPS) is 12.4. The Morgan fingerprint density at radius 1 is 0.968 bits per heavy atom. The van der Waals surface area contributed by atoms with E-state index in [2.05, 4.69) is 21.2 Å². The minimum absolute atomic E-state index is 0.0137. The first-order valence-corrected chi connectivity index (χ1v) is 10.3. The number of benzene rings is 3. The van der Waals surface area contributed by atoms with Crippen LogP contribution in [0, 0.1) is 0 Å². The molecule has 31 heavy (non-hydrogen) atoms. The highest BCUT2D eigenvalue weighted by Gasteiger charge is 2.18. The van der Waals surface area contributed by atoms with Gasteiger partial charge in [-0.25, -0.2) is 4.79 Å². The second-order valence-electron chi connectivity index (χ2n) is 6.70. The molecule has 3 aromatic rings. The smallest absolute Gasteiger partial charge is 0.355 e. The second kappa shape index (κ2) is 9.49. The fourth-order valence-corrected chi connectivity index (χ4v) is 3.34. The molecule has 1 N–H and O–H groups in total. The summed E-state index contributed by atoms with van der Waals surface area (Å²) in [5, 5.41) is 2.67. The summed E-state index contributed by atoms with van der Waals surface area (Å²) in [5.41, 5.74) is 1.92. The fourth-order valence-electron chi connectivity index (χ4n) is 2.94. The van der Waals surface area contributed by atoms with Crippen LogP contribution in [0.2, 0.25) is 0 Å². The molecular formula is C24H18BrNO5. The maximum absolute atomic E-state index is 12.8. The number of nitrogens with one attached hydrogen (secondary N) is 1. The van der Waals surface area contributed by atoms with Crippen molar-refractivity contribution in [2.45, 2.75) is 6.61 Å². The Balaban J connectivity index is 1.58. The van der Waals surface area contributed by atoms with Gasteiger partial charge in [-0.05, 0) is 47.5 Å². The van der Waals surface area contributed by atoms with Crippen molar-refractivity contribution in [2.75, 3.05) is 6.79 Å². The summed E-state index contributed by atoms with van der Waals surface area (Å²) < 4.78 is 16.9. The molecule has 6 nitrogen and oxygen atoms in total. The molecule has 1 aliphatic rings. The summed E-state index contributed by atoms with van der Waals surface area (Å²) in [6.07, 6.45) is 1.55. The molecule has 0 atom stereocenters. The Morgan fingerprint density at radius 3 is 2.58 bits per heavy atom. The van der Waals surface area contributed by atoms with Gasteiger partial charge in [-0.1, -0.05) is 58.4 Å². The van der Waals surface area contributed by atoms with Crippen LogP contribution in [0.1, 0.15) is 21.5 Å². The Morgan fingerprint density at radius 2 is 1.77 bits per heavy atom. The largest absolute Gasteiger partial charge is 0.456 e. The number of ether oxygens (including phenoxy) is 3. The van der Waals surface area contributed by atoms with Gasteiger partial charge in [-0.15, -0.1) is 0 Å². The third kappa shape index (κ3) is 5.32. The van der Waals surface area contributed by atoms with E-state index in [1.807, 2.05) is 36.4 Å². The zero-order chi connectivity index (χ0) is 21.6. The van der Waals surface area contributed by atoms with Crippen LogP contribution >= 0.6 is 15.9 Å². The highest BCUT2D eigenvalue weighted by molar-refractivity contribution is 9.10. The standard InChI is InChI=1S/C24H18BrNO5/c25-19-8-4-7-18(13-19)23(27)26-20(24(28)29-14-16-5-2-1-3-6-16)11-17-9-10-21-22(12-17)31-15-30-21/h1-13H,14-15H2,(H,26,27)/b20-11-. The predicted molar refractivity (Wildman–Crippen MR) is 118 cm³/mol. The molecule has 7 heteroatoms. The SMILES string of the molecule is O=C(OCc1ccccc1)/C(=C/c1ccc2c(c1)OCO2)NC(=O)c1cccc(Br)c1. The molecule has 0 aliphatic carbocycles. The zero-order valence-electron chi connectivity index (χ0n) is 16.3. The molecule has 0 bridgehead atoms. The lowest BCUT2D eigenvalue weighted by Crippen LogP contribution is -2.28. The van der Waals surface area contributed by atoms with Crippen molar-refractivity contribution < 1.29 is 23.8 Å². The van der Waals surface area contributed by atoms with Gasteiger partial charge >= 0.3 is 5.97 Å². The Bertz CT molecular complexity index is 1140. The molecular weight excluding hydrogens is 462 g/mol. The van der Waals surface area contributed by atoms with E-state index in [9.17, 15) is 9.59 Å². The monoisotopic (exact) mass is 479 g/mol. The van der Waals surface area contributed by atoms with Crippen LogP contribution in [-0.4, -0.2) is 18.7 Å². The first kappa shape index (κ1) is 20.7. The summed E-state index contributed by atoms with van der Waals surface area (Å²) in [4.78, 5) is 25.6. The van der Waals surface area contributed by atoms with Gasteiger partial charge in [0.25, 0.3) is 5.91 Å². The number of carbonyl (C=O) groups excluding carboxylic acids is 2. The number of hydrogen-bond acceptors (Lipinski definition) is 5. The predicted octanol–water partition coefficient (Wildman–Crippen LogP) is 4.69. The highest BCUT2D eigenvalue weighted by Crippen LogP contribution is 2.33. The van der Waals surface area contributed by atoms with E-state index in [1.165, 1.54) is 0 Å². The molecule has 0 unspecified atom stereocenters. The van der Waals surface area contributed by atoms with Crippen molar-refractivity contribution >= 4 is 33.9 Å². The second-order valence-corrected chi connectivity index (χ2v) is 7.61. The van der Waals surface area contributed by atoms with E-state index < -0.39 is 11.9 Å². The van der Waals surface area contributed by atoms with Gasteiger partial charge in [0.05, 0.1) is 0 Å². The van der Waals surface area contributed by atoms with Crippen molar-refractivity contribution in [3.8, 4) is 11.5 Å². The molecule has 1 amide bonds. The molecule has 0 saturated carbocycles. The van der Waals surface area contributed by atoms with Crippen molar-refractivity contribution in [1.29, 1.82) is 0 Å². The molecule has 4 rings (SSSR count). The van der Waals surface area contributed by atoms with Crippen LogP contribution in [0.3, 0.4) is 0 Å². The first-order valence-electron chi connectivity index (χ1n) is 9.48. The van der Waals surface area contributed by atoms with E-state index in [-0.39, 0.29) is 19.1 Å². The number of rotatable bonds is 6. The Hall–Kier alpha value is -3.58. The van der Waals surface area contributed by atoms with E-state index in [4.69, 9.17) is 14.2 Å².